The zero-order valence-corrected chi connectivity index (χ0v) is 11.4. The first-order chi connectivity index (χ1) is 8.41. The summed E-state index contributed by atoms with van der Waals surface area (Å²) in [7, 11) is -0.818. The van der Waals surface area contributed by atoms with Crippen LogP contribution in [0.2, 0.25) is 0 Å². The van der Waals surface area contributed by atoms with Crippen molar-refractivity contribution in [2.45, 2.75) is 18.6 Å². The summed E-state index contributed by atoms with van der Waals surface area (Å²) in [5, 5.41) is 3.30. The summed E-state index contributed by atoms with van der Waals surface area (Å²) in [6.07, 6.45) is 2.48. The summed E-state index contributed by atoms with van der Waals surface area (Å²) in [6, 6.07) is 5.06. The monoisotopic (exact) mass is 269 g/mol. The van der Waals surface area contributed by atoms with Crippen molar-refractivity contribution in [2.24, 2.45) is 5.73 Å². The number of primary amides is 1. The van der Waals surface area contributed by atoms with E-state index in [-0.39, 0.29) is 5.25 Å². The number of amides is 1. The minimum atomic E-state index is -0.818. The minimum Gasteiger partial charge on any atom is -0.398 e. The molecule has 0 heterocycles. The lowest BCUT2D eigenvalue weighted by Gasteiger charge is -2.11. The maximum atomic E-state index is 11.2. The van der Waals surface area contributed by atoms with Gasteiger partial charge in [-0.3, -0.25) is 9.00 Å². The van der Waals surface area contributed by atoms with Gasteiger partial charge in [0, 0.05) is 40.2 Å². The summed E-state index contributed by atoms with van der Waals surface area (Å²) < 4.78 is 11.2. The Bertz CT molecular complexity index is 463. The Morgan fingerprint density at radius 1 is 1.50 bits per heavy atom. The van der Waals surface area contributed by atoms with E-state index in [4.69, 9.17) is 11.5 Å². The number of benzene rings is 1. The van der Waals surface area contributed by atoms with Crippen molar-refractivity contribution in [1.82, 2.24) is 0 Å². The molecule has 2 atom stereocenters. The van der Waals surface area contributed by atoms with Gasteiger partial charge in [-0.2, -0.15) is 0 Å². The van der Waals surface area contributed by atoms with Crippen LogP contribution in [0.3, 0.4) is 0 Å². The smallest absolute Gasteiger partial charge is 0.250 e. The Kier molecular flexibility index (Phi) is 5.15. The summed E-state index contributed by atoms with van der Waals surface area (Å²) in [4.78, 5) is 11.1. The third-order valence-corrected chi connectivity index (χ3v) is 4.13. The van der Waals surface area contributed by atoms with E-state index in [0.29, 0.717) is 17.8 Å². The van der Waals surface area contributed by atoms with Gasteiger partial charge in [-0.1, -0.05) is 6.92 Å². The number of nitrogens with one attached hydrogen (secondary N) is 1. The highest BCUT2D eigenvalue weighted by atomic mass is 32.2. The summed E-state index contributed by atoms with van der Waals surface area (Å²) in [5.41, 5.74) is 12.3. The quantitative estimate of drug-likeness (QED) is 0.669. The number of carbonyl (C=O) groups is 1. The normalized spacial score (nSPS) is 13.9. The Morgan fingerprint density at radius 2 is 2.17 bits per heavy atom. The molecule has 1 aromatic rings. The first-order valence-electron chi connectivity index (χ1n) is 5.67. The highest BCUT2D eigenvalue weighted by Gasteiger charge is 2.08. The van der Waals surface area contributed by atoms with Gasteiger partial charge < -0.3 is 16.8 Å². The second-order valence-corrected chi connectivity index (χ2v) is 5.99. The van der Waals surface area contributed by atoms with Crippen molar-refractivity contribution in [3.05, 3.63) is 23.8 Å². The maximum Gasteiger partial charge on any atom is 0.250 e. The standard InChI is InChI=1S/C12H19N3O2S/c1-8(18(2)17)5-6-15-9-3-4-11(13)10(7-9)12(14)16/h3-4,7-8,15H,5-6,13H2,1-2H3,(H2,14,16). The van der Waals surface area contributed by atoms with Gasteiger partial charge in [-0.15, -0.1) is 0 Å². The average molecular weight is 269 g/mol. The number of hydrogen-bond acceptors (Lipinski definition) is 4. The van der Waals surface area contributed by atoms with Gasteiger partial charge in [-0.05, 0) is 24.6 Å². The molecule has 0 spiro atoms. The number of carbonyl (C=O) groups excluding carboxylic acids is 1. The van der Waals surface area contributed by atoms with Gasteiger partial charge in [-0.25, -0.2) is 0 Å². The predicted molar refractivity (Wildman–Crippen MR) is 76.0 cm³/mol. The first kappa shape index (κ1) is 14.5. The topological polar surface area (TPSA) is 98.2 Å². The molecule has 0 aliphatic carbocycles. The Morgan fingerprint density at radius 3 is 2.72 bits per heavy atom. The Balaban J connectivity index is 2.61. The molecule has 1 aromatic carbocycles. The molecule has 18 heavy (non-hydrogen) atoms. The fourth-order valence-corrected chi connectivity index (χ4v) is 1.92. The summed E-state index contributed by atoms with van der Waals surface area (Å²) >= 11 is 0. The van der Waals surface area contributed by atoms with Gasteiger partial charge in [0.2, 0.25) is 0 Å². The molecule has 0 aromatic heterocycles. The third-order valence-electron chi connectivity index (χ3n) is 2.77. The van der Waals surface area contributed by atoms with Gasteiger partial charge in [0.15, 0.2) is 0 Å². The molecule has 0 fully saturated rings. The van der Waals surface area contributed by atoms with E-state index in [0.717, 1.165) is 12.1 Å². The molecule has 100 valence electrons. The zero-order chi connectivity index (χ0) is 13.7. The largest absolute Gasteiger partial charge is 0.398 e. The molecule has 0 bridgehead atoms. The molecule has 6 heteroatoms. The van der Waals surface area contributed by atoms with Crippen LogP contribution in [-0.4, -0.2) is 28.2 Å². The van der Waals surface area contributed by atoms with Gasteiger partial charge >= 0.3 is 0 Å². The van der Waals surface area contributed by atoms with E-state index in [1.54, 1.807) is 24.5 Å². The molecule has 0 radical (unpaired) electrons. The molecule has 1 amide bonds. The number of rotatable bonds is 6. The molecule has 0 saturated carbocycles. The van der Waals surface area contributed by atoms with Crippen LogP contribution in [0.5, 0.6) is 0 Å². The lowest BCUT2D eigenvalue weighted by molar-refractivity contribution is 0.100. The van der Waals surface area contributed by atoms with E-state index in [2.05, 4.69) is 5.32 Å². The minimum absolute atomic E-state index is 0.141. The van der Waals surface area contributed by atoms with Crippen molar-refractivity contribution < 1.29 is 9.00 Å². The SMILES string of the molecule is CC(CCNc1ccc(N)c(C(N)=O)c1)S(C)=O. The van der Waals surface area contributed by atoms with Crippen LogP contribution >= 0.6 is 0 Å². The second kappa shape index (κ2) is 6.39. The molecular formula is C12H19N3O2S. The summed E-state index contributed by atoms with van der Waals surface area (Å²) in [5.74, 6) is -0.542. The van der Waals surface area contributed by atoms with Crippen molar-refractivity contribution in [3.8, 4) is 0 Å². The van der Waals surface area contributed by atoms with Crippen LogP contribution in [0.1, 0.15) is 23.7 Å². The molecule has 5 nitrogen and oxygen atoms in total. The highest BCUT2D eigenvalue weighted by molar-refractivity contribution is 7.84. The van der Waals surface area contributed by atoms with E-state index >= 15 is 0 Å². The highest BCUT2D eigenvalue weighted by Crippen LogP contribution is 2.17. The molecule has 1 rings (SSSR count). The molecule has 2 unspecified atom stereocenters. The zero-order valence-electron chi connectivity index (χ0n) is 10.6. The average Bonchev–Trinajstić information content (AvgIpc) is 2.30. The molecule has 5 N–H and O–H groups in total. The van der Waals surface area contributed by atoms with Crippen LogP contribution in [0.25, 0.3) is 0 Å². The van der Waals surface area contributed by atoms with Crippen LogP contribution in [-0.2, 0) is 10.8 Å². The number of anilines is 2. The van der Waals surface area contributed by atoms with Crippen molar-refractivity contribution in [1.29, 1.82) is 0 Å². The van der Waals surface area contributed by atoms with Crippen LogP contribution in [0, 0.1) is 0 Å². The van der Waals surface area contributed by atoms with E-state index in [1.165, 1.54) is 0 Å². The first-order valence-corrected chi connectivity index (χ1v) is 7.29. The van der Waals surface area contributed by atoms with E-state index in [1.807, 2.05) is 6.92 Å². The van der Waals surface area contributed by atoms with E-state index < -0.39 is 16.7 Å². The molecular weight excluding hydrogens is 250 g/mol. The van der Waals surface area contributed by atoms with Crippen molar-refractivity contribution >= 4 is 28.1 Å². The third kappa shape index (κ3) is 4.03. The van der Waals surface area contributed by atoms with Gasteiger partial charge in [0.05, 0.1) is 5.56 Å². The summed E-state index contributed by atoms with van der Waals surface area (Å²) in [6.45, 7) is 2.62. The molecule has 0 saturated heterocycles. The fraction of sp³-hybridized carbons (Fsp3) is 0.417. The van der Waals surface area contributed by atoms with Crippen LogP contribution < -0.4 is 16.8 Å². The van der Waals surface area contributed by atoms with Crippen molar-refractivity contribution in [3.63, 3.8) is 0 Å². The number of hydrogen-bond donors (Lipinski definition) is 3. The lowest BCUT2D eigenvalue weighted by Crippen LogP contribution is -2.16. The maximum absolute atomic E-state index is 11.2. The van der Waals surface area contributed by atoms with Crippen LogP contribution in [0.15, 0.2) is 18.2 Å². The van der Waals surface area contributed by atoms with Gasteiger partial charge in [0.1, 0.15) is 0 Å². The number of nitrogens with two attached hydrogens (primary N) is 2. The van der Waals surface area contributed by atoms with Crippen LogP contribution in [0.4, 0.5) is 11.4 Å². The molecule has 0 aliphatic rings. The predicted octanol–water partition coefficient (Wildman–Crippen LogP) is 0.937. The van der Waals surface area contributed by atoms with E-state index in [9.17, 15) is 9.00 Å². The van der Waals surface area contributed by atoms with Crippen molar-refractivity contribution in [2.75, 3.05) is 23.9 Å². The van der Waals surface area contributed by atoms with Gasteiger partial charge in [0.25, 0.3) is 5.91 Å². The second-order valence-electron chi connectivity index (χ2n) is 4.19. The lowest BCUT2D eigenvalue weighted by atomic mass is 10.1. The fourth-order valence-electron chi connectivity index (χ4n) is 1.47. The Labute approximate surface area is 109 Å². The molecule has 0 aliphatic heterocycles. The Hall–Kier alpha value is -1.56. The number of nitrogen functional groups attached to an aromatic ring is 1.